The lowest BCUT2D eigenvalue weighted by Gasteiger charge is -2.27. The molecule has 0 radical (unpaired) electrons. The minimum Gasteiger partial charge on any atom is -0.340 e. The lowest BCUT2D eigenvalue weighted by atomic mass is 10.0. The number of aryl methyl sites for hydroxylation is 3. The van der Waals surface area contributed by atoms with Gasteiger partial charge in [-0.2, -0.15) is 0 Å². The van der Waals surface area contributed by atoms with Gasteiger partial charge in [0.1, 0.15) is 0 Å². The molecule has 1 aromatic heterocycles. The fourth-order valence-corrected chi connectivity index (χ4v) is 3.95. The molecule has 1 fully saturated rings. The zero-order valence-corrected chi connectivity index (χ0v) is 12.1. The van der Waals surface area contributed by atoms with E-state index in [9.17, 15) is 4.79 Å². The molecule has 1 aliphatic heterocycles. The zero-order chi connectivity index (χ0) is 13.1. The molecule has 0 aromatic carbocycles. The van der Waals surface area contributed by atoms with Crippen molar-refractivity contribution in [2.45, 2.75) is 38.5 Å². The van der Waals surface area contributed by atoms with Gasteiger partial charge in [0, 0.05) is 43.9 Å². The van der Waals surface area contributed by atoms with Crippen LogP contribution < -0.4 is 5.32 Å². The lowest BCUT2D eigenvalue weighted by molar-refractivity contribution is -0.131. The van der Waals surface area contributed by atoms with Crippen molar-refractivity contribution in [2.24, 2.45) is 0 Å². The molecule has 3 rings (SSSR count). The second-order valence-corrected chi connectivity index (χ2v) is 6.48. The van der Waals surface area contributed by atoms with Gasteiger partial charge in [-0.25, -0.2) is 4.98 Å². The maximum Gasteiger partial charge on any atom is 0.223 e. The number of thiazole rings is 1. The van der Waals surface area contributed by atoms with E-state index in [1.54, 1.807) is 0 Å². The molecule has 104 valence electrons. The molecule has 1 aliphatic carbocycles. The highest BCUT2D eigenvalue weighted by atomic mass is 32.1. The SMILES string of the molecule is O=C(CCc1nc2c(s1)CCCC2)N1CCNCC1. The number of fused-ring (bicyclic) bond motifs is 1. The monoisotopic (exact) mass is 279 g/mol. The van der Waals surface area contributed by atoms with Crippen LogP contribution in [0.2, 0.25) is 0 Å². The van der Waals surface area contributed by atoms with E-state index in [2.05, 4.69) is 5.32 Å². The number of aromatic nitrogens is 1. The van der Waals surface area contributed by atoms with Gasteiger partial charge >= 0.3 is 0 Å². The van der Waals surface area contributed by atoms with Gasteiger partial charge in [0.15, 0.2) is 0 Å². The summed E-state index contributed by atoms with van der Waals surface area (Å²) in [6.07, 6.45) is 6.34. The van der Waals surface area contributed by atoms with E-state index in [0.717, 1.165) is 44.0 Å². The van der Waals surface area contributed by atoms with Crippen LogP contribution in [0.5, 0.6) is 0 Å². The van der Waals surface area contributed by atoms with Crippen molar-refractivity contribution in [1.82, 2.24) is 15.2 Å². The predicted octanol–water partition coefficient (Wildman–Crippen LogP) is 1.39. The van der Waals surface area contributed by atoms with E-state index in [0.29, 0.717) is 6.42 Å². The van der Waals surface area contributed by atoms with Crippen LogP contribution in [-0.2, 0) is 24.1 Å². The van der Waals surface area contributed by atoms with E-state index in [4.69, 9.17) is 4.98 Å². The third-order valence-electron chi connectivity index (χ3n) is 3.91. The summed E-state index contributed by atoms with van der Waals surface area (Å²) in [4.78, 5) is 20.2. The number of nitrogens with zero attached hydrogens (tertiary/aromatic N) is 2. The van der Waals surface area contributed by atoms with Crippen molar-refractivity contribution in [3.05, 3.63) is 15.6 Å². The number of carbonyl (C=O) groups excluding carboxylic acids is 1. The Morgan fingerprint density at radius 1 is 1.26 bits per heavy atom. The minimum atomic E-state index is 0.287. The van der Waals surface area contributed by atoms with Gasteiger partial charge in [-0.05, 0) is 25.7 Å². The summed E-state index contributed by atoms with van der Waals surface area (Å²) < 4.78 is 0. The highest BCUT2D eigenvalue weighted by Crippen LogP contribution is 2.27. The first kappa shape index (κ1) is 13.1. The van der Waals surface area contributed by atoms with Crippen LogP contribution in [-0.4, -0.2) is 42.0 Å². The molecule has 0 spiro atoms. The van der Waals surface area contributed by atoms with Crippen molar-refractivity contribution in [3.63, 3.8) is 0 Å². The van der Waals surface area contributed by atoms with Gasteiger partial charge in [0.2, 0.25) is 5.91 Å². The minimum absolute atomic E-state index is 0.287. The quantitative estimate of drug-likeness (QED) is 0.909. The molecule has 4 nitrogen and oxygen atoms in total. The summed E-state index contributed by atoms with van der Waals surface area (Å²) in [5.74, 6) is 0.287. The highest BCUT2D eigenvalue weighted by molar-refractivity contribution is 7.11. The largest absolute Gasteiger partial charge is 0.340 e. The molecule has 2 heterocycles. The highest BCUT2D eigenvalue weighted by Gasteiger charge is 2.18. The van der Waals surface area contributed by atoms with Gasteiger partial charge < -0.3 is 10.2 Å². The van der Waals surface area contributed by atoms with E-state index in [1.807, 2.05) is 16.2 Å². The number of amides is 1. The number of hydrogen-bond donors (Lipinski definition) is 1. The molecule has 2 aliphatic rings. The Kier molecular flexibility index (Phi) is 4.13. The normalized spacial score (nSPS) is 19.3. The molecule has 0 bridgehead atoms. The number of hydrogen-bond acceptors (Lipinski definition) is 4. The van der Waals surface area contributed by atoms with E-state index >= 15 is 0 Å². The van der Waals surface area contributed by atoms with Crippen molar-refractivity contribution in [1.29, 1.82) is 0 Å². The summed E-state index contributed by atoms with van der Waals surface area (Å²) in [5.41, 5.74) is 1.31. The van der Waals surface area contributed by atoms with Crippen LogP contribution in [0.15, 0.2) is 0 Å². The maximum absolute atomic E-state index is 12.1. The number of rotatable bonds is 3. The summed E-state index contributed by atoms with van der Waals surface area (Å²) in [6.45, 7) is 3.56. The molecule has 1 saturated heterocycles. The third kappa shape index (κ3) is 3.15. The Morgan fingerprint density at radius 2 is 2.05 bits per heavy atom. The van der Waals surface area contributed by atoms with Gasteiger partial charge in [-0.1, -0.05) is 0 Å². The van der Waals surface area contributed by atoms with E-state index < -0.39 is 0 Å². The van der Waals surface area contributed by atoms with Crippen LogP contribution in [0.3, 0.4) is 0 Å². The van der Waals surface area contributed by atoms with Crippen LogP contribution in [0.4, 0.5) is 0 Å². The Morgan fingerprint density at radius 3 is 2.84 bits per heavy atom. The molecule has 0 atom stereocenters. The fraction of sp³-hybridized carbons (Fsp3) is 0.714. The molecule has 0 unspecified atom stereocenters. The van der Waals surface area contributed by atoms with Crippen molar-refractivity contribution in [3.8, 4) is 0 Å². The average Bonchev–Trinajstić information content (AvgIpc) is 2.88. The summed E-state index contributed by atoms with van der Waals surface area (Å²) in [5, 5.41) is 4.43. The second kappa shape index (κ2) is 6.01. The zero-order valence-electron chi connectivity index (χ0n) is 11.3. The van der Waals surface area contributed by atoms with Crippen molar-refractivity contribution < 1.29 is 4.79 Å². The van der Waals surface area contributed by atoms with Gasteiger partial charge in [-0.15, -0.1) is 11.3 Å². The Balaban J connectivity index is 1.53. The summed E-state index contributed by atoms with van der Waals surface area (Å²) in [7, 11) is 0. The van der Waals surface area contributed by atoms with E-state index in [-0.39, 0.29) is 5.91 Å². The van der Waals surface area contributed by atoms with Gasteiger partial charge in [0.25, 0.3) is 0 Å². The first-order valence-electron chi connectivity index (χ1n) is 7.29. The predicted molar refractivity (Wildman–Crippen MR) is 76.5 cm³/mol. The van der Waals surface area contributed by atoms with Gasteiger partial charge in [0.05, 0.1) is 10.7 Å². The van der Waals surface area contributed by atoms with Gasteiger partial charge in [-0.3, -0.25) is 4.79 Å². The topological polar surface area (TPSA) is 45.2 Å². The number of nitrogens with one attached hydrogen (secondary N) is 1. The Labute approximate surface area is 118 Å². The molecule has 0 saturated carbocycles. The Bertz CT molecular complexity index is 428. The van der Waals surface area contributed by atoms with Crippen molar-refractivity contribution >= 4 is 17.2 Å². The Hall–Kier alpha value is -0.940. The smallest absolute Gasteiger partial charge is 0.223 e. The molecule has 1 amide bonds. The number of piperazine rings is 1. The molecule has 19 heavy (non-hydrogen) atoms. The van der Waals surface area contributed by atoms with Crippen LogP contribution in [0, 0.1) is 0 Å². The molecule has 5 heteroatoms. The van der Waals surface area contributed by atoms with E-state index in [1.165, 1.54) is 29.8 Å². The lowest BCUT2D eigenvalue weighted by Crippen LogP contribution is -2.46. The van der Waals surface area contributed by atoms with Crippen LogP contribution in [0.1, 0.15) is 34.8 Å². The standard InChI is InChI=1S/C14H21N3OS/c18-14(17-9-7-15-8-10-17)6-5-13-16-11-3-1-2-4-12(11)19-13/h15H,1-10H2. The van der Waals surface area contributed by atoms with Crippen LogP contribution >= 0.6 is 11.3 Å². The average molecular weight is 279 g/mol. The second-order valence-electron chi connectivity index (χ2n) is 5.32. The molecule has 1 N–H and O–H groups in total. The first-order chi connectivity index (χ1) is 9.33. The first-order valence-corrected chi connectivity index (χ1v) is 8.10. The fourth-order valence-electron chi connectivity index (χ4n) is 2.80. The number of carbonyl (C=O) groups is 1. The maximum atomic E-state index is 12.1. The molecular weight excluding hydrogens is 258 g/mol. The third-order valence-corrected chi connectivity index (χ3v) is 5.13. The summed E-state index contributed by atoms with van der Waals surface area (Å²) >= 11 is 1.83. The molecular formula is C14H21N3OS. The summed E-state index contributed by atoms with van der Waals surface area (Å²) in [6, 6.07) is 0. The van der Waals surface area contributed by atoms with Crippen LogP contribution in [0.25, 0.3) is 0 Å². The van der Waals surface area contributed by atoms with Crippen molar-refractivity contribution in [2.75, 3.05) is 26.2 Å². The molecule has 1 aromatic rings.